The van der Waals surface area contributed by atoms with Crippen LogP contribution in [-0.2, 0) is 9.59 Å². The highest BCUT2D eigenvalue weighted by Crippen LogP contribution is 2.27. The number of nitrogens with zero attached hydrogens (tertiary/aromatic N) is 1. The maximum atomic E-state index is 12.6. The van der Waals surface area contributed by atoms with Gasteiger partial charge >= 0.3 is 0 Å². The summed E-state index contributed by atoms with van der Waals surface area (Å²) in [6.45, 7) is 1.70. The monoisotopic (exact) mass is 455 g/mol. The average Bonchev–Trinajstić information content (AvgIpc) is 2.77. The van der Waals surface area contributed by atoms with Crippen LogP contribution in [0.5, 0.6) is 0 Å². The van der Waals surface area contributed by atoms with Crippen LogP contribution < -0.4 is 10.6 Å². The van der Waals surface area contributed by atoms with E-state index in [-0.39, 0.29) is 17.7 Å². The van der Waals surface area contributed by atoms with Gasteiger partial charge in [0.15, 0.2) is 0 Å². The maximum Gasteiger partial charge on any atom is 0.238 e. The second-order valence-electron chi connectivity index (χ2n) is 7.74. The van der Waals surface area contributed by atoms with E-state index in [1.807, 2.05) is 42.5 Å². The fraction of sp³-hybridized carbons (Fsp3) is 0.250. The number of piperidine rings is 1. The van der Waals surface area contributed by atoms with Crippen LogP contribution in [0.2, 0.25) is 10.0 Å². The van der Waals surface area contributed by atoms with E-state index in [1.165, 1.54) is 0 Å². The molecule has 3 aromatic carbocycles. The van der Waals surface area contributed by atoms with E-state index in [1.54, 1.807) is 18.2 Å². The highest BCUT2D eigenvalue weighted by Gasteiger charge is 2.26. The third-order valence-electron chi connectivity index (χ3n) is 5.58. The maximum absolute atomic E-state index is 12.6. The molecule has 1 fully saturated rings. The summed E-state index contributed by atoms with van der Waals surface area (Å²) in [7, 11) is 0. The molecule has 1 saturated heterocycles. The normalized spacial score (nSPS) is 15.0. The van der Waals surface area contributed by atoms with Gasteiger partial charge in [-0.25, -0.2) is 0 Å². The van der Waals surface area contributed by atoms with Gasteiger partial charge in [0, 0.05) is 22.7 Å². The smallest absolute Gasteiger partial charge is 0.238 e. The molecule has 0 spiro atoms. The summed E-state index contributed by atoms with van der Waals surface area (Å²) in [6, 6.07) is 18.9. The van der Waals surface area contributed by atoms with Crippen molar-refractivity contribution in [2.24, 2.45) is 5.92 Å². The highest BCUT2D eigenvalue weighted by molar-refractivity contribution is 6.42. The van der Waals surface area contributed by atoms with Crippen LogP contribution in [0.1, 0.15) is 12.8 Å². The Hall–Kier alpha value is -2.60. The number of amides is 2. The van der Waals surface area contributed by atoms with Crippen LogP contribution in [0.15, 0.2) is 60.7 Å². The highest BCUT2D eigenvalue weighted by atomic mass is 35.5. The summed E-state index contributed by atoms with van der Waals surface area (Å²) in [4.78, 5) is 27.2. The lowest BCUT2D eigenvalue weighted by atomic mass is 9.96. The molecule has 2 amide bonds. The largest absolute Gasteiger partial charge is 0.326 e. The molecule has 2 N–H and O–H groups in total. The van der Waals surface area contributed by atoms with Gasteiger partial charge in [-0.1, -0.05) is 59.6 Å². The van der Waals surface area contributed by atoms with E-state index >= 15 is 0 Å². The molecule has 1 aliphatic heterocycles. The molecule has 0 unspecified atom stereocenters. The minimum Gasteiger partial charge on any atom is -0.326 e. The molecular formula is C24H23Cl2N3O2. The quantitative estimate of drug-likeness (QED) is 0.538. The number of rotatable bonds is 5. The third kappa shape index (κ3) is 5.37. The van der Waals surface area contributed by atoms with Crippen molar-refractivity contribution in [2.45, 2.75) is 12.8 Å². The number of anilines is 2. The first-order valence-electron chi connectivity index (χ1n) is 10.3. The van der Waals surface area contributed by atoms with E-state index in [2.05, 4.69) is 15.5 Å². The Labute approximate surface area is 191 Å². The number of hydrogen-bond donors (Lipinski definition) is 2. The lowest BCUT2D eigenvalue weighted by Crippen LogP contribution is -2.41. The predicted molar refractivity (Wildman–Crippen MR) is 127 cm³/mol. The second kappa shape index (κ2) is 9.69. The van der Waals surface area contributed by atoms with Gasteiger partial charge in [0.25, 0.3) is 0 Å². The number of halogens is 2. The first-order chi connectivity index (χ1) is 15.0. The van der Waals surface area contributed by atoms with Crippen molar-refractivity contribution in [1.29, 1.82) is 0 Å². The van der Waals surface area contributed by atoms with Crippen molar-refractivity contribution < 1.29 is 9.59 Å². The second-order valence-corrected chi connectivity index (χ2v) is 8.56. The van der Waals surface area contributed by atoms with E-state index < -0.39 is 0 Å². The lowest BCUT2D eigenvalue weighted by Gasteiger charge is -2.30. The third-order valence-corrected chi connectivity index (χ3v) is 6.32. The summed E-state index contributed by atoms with van der Waals surface area (Å²) in [5, 5.41) is 8.91. The van der Waals surface area contributed by atoms with Crippen molar-refractivity contribution in [3.8, 4) is 0 Å². The van der Waals surface area contributed by atoms with Gasteiger partial charge in [0.2, 0.25) is 11.8 Å². The Morgan fingerprint density at radius 1 is 0.903 bits per heavy atom. The van der Waals surface area contributed by atoms with Gasteiger partial charge < -0.3 is 10.6 Å². The molecule has 0 aliphatic carbocycles. The number of hydrogen-bond acceptors (Lipinski definition) is 3. The average molecular weight is 456 g/mol. The van der Waals surface area contributed by atoms with Crippen LogP contribution in [0.25, 0.3) is 10.8 Å². The van der Waals surface area contributed by atoms with Crippen molar-refractivity contribution in [3.05, 3.63) is 70.7 Å². The van der Waals surface area contributed by atoms with Crippen LogP contribution in [0, 0.1) is 5.92 Å². The van der Waals surface area contributed by atoms with Crippen molar-refractivity contribution >= 4 is 57.2 Å². The molecule has 4 rings (SSSR count). The fourth-order valence-corrected chi connectivity index (χ4v) is 4.20. The number of carbonyl (C=O) groups is 2. The van der Waals surface area contributed by atoms with Gasteiger partial charge in [-0.2, -0.15) is 0 Å². The minimum atomic E-state index is -0.0909. The van der Waals surface area contributed by atoms with Crippen molar-refractivity contribution in [3.63, 3.8) is 0 Å². The number of likely N-dealkylation sites (tertiary alicyclic amines) is 1. The molecule has 0 saturated carbocycles. The molecule has 5 nitrogen and oxygen atoms in total. The van der Waals surface area contributed by atoms with Crippen LogP contribution >= 0.6 is 23.2 Å². The molecule has 7 heteroatoms. The number of fused-ring (bicyclic) bond motifs is 1. The topological polar surface area (TPSA) is 61.4 Å². The van der Waals surface area contributed by atoms with E-state index in [9.17, 15) is 9.59 Å². The molecule has 31 heavy (non-hydrogen) atoms. The Morgan fingerprint density at radius 2 is 1.65 bits per heavy atom. The zero-order chi connectivity index (χ0) is 21.8. The Morgan fingerprint density at radius 3 is 2.42 bits per heavy atom. The lowest BCUT2D eigenvalue weighted by molar-refractivity contribution is -0.121. The first-order valence-corrected chi connectivity index (χ1v) is 11.0. The number of benzene rings is 3. The van der Waals surface area contributed by atoms with Gasteiger partial charge in [-0.3, -0.25) is 14.5 Å². The van der Waals surface area contributed by atoms with Gasteiger partial charge in [0.05, 0.1) is 16.6 Å². The molecule has 0 bridgehead atoms. The van der Waals surface area contributed by atoms with E-state index in [0.29, 0.717) is 48.2 Å². The van der Waals surface area contributed by atoms with Crippen molar-refractivity contribution in [2.75, 3.05) is 30.3 Å². The zero-order valence-corrected chi connectivity index (χ0v) is 18.4. The Bertz CT molecular complexity index is 1110. The number of carbonyl (C=O) groups excluding carboxylic acids is 2. The molecular weight excluding hydrogens is 433 g/mol. The summed E-state index contributed by atoms with van der Waals surface area (Å²) in [6.07, 6.45) is 1.41. The van der Waals surface area contributed by atoms with E-state index in [4.69, 9.17) is 23.2 Å². The summed E-state index contributed by atoms with van der Waals surface area (Å²) in [5.41, 5.74) is 1.45. The zero-order valence-electron chi connectivity index (χ0n) is 16.9. The molecule has 160 valence electrons. The summed E-state index contributed by atoms with van der Waals surface area (Å²) < 4.78 is 0. The van der Waals surface area contributed by atoms with Gasteiger partial charge in [-0.15, -0.1) is 0 Å². The molecule has 3 aromatic rings. The van der Waals surface area contributed by atoms with E-state index in [0.717, 1.165) is 16.5 Å². The Balaban J connectivity index is 1.28. The van der Waals surface area contributed by atoms with Crippen molar-refractivity contribution in [1.82, 2.24) is 4.90 Å². The molecule has 0 radical (unpaired) electrons. The SMILES string of the molecule is O=C(CN1CCC(C(=O)Nc2ccc(Cl)c(Cl)c2)CC1)Nc1cccc2ccccc12. The summed E-state index contributed by atoms with van der Waals surface area (Å²) in [5.74, 6) is -0.167. The molecule has 1 aliphatic rings. The van der Waals surface area contributed by atoms with Crippen LogP contribution in [0.3, 0.4) is 0 Å². The first kappa shape index (κ1) is 21.6. The Kier molecular flexibility index (Phi) is 6.76. The number of nitrogens with one attached hydrogen (secondary N) is 2. The summed E-state index contributed by atoms with van der Waals surface area (Å²) >= 11 is 11.9. The van der Waals surface area contributed by atoms with Crippen LogP contribution in [0.4, 0.5) is 11.4 Å². The fourth-order valence-electron chi connectivity index (χ4n) is 3.90. The standard InChI is InChI=1S/C24H23Cl2N3O2/c25-20-9-8-18(14-21(20)26)27-24(31)17-10-12-29(13-11-17)15-23(30)28-22-7-3-5-16-4-1-2-6-19(16)22/h1-9,14,17H,10-13,15H2,(H,27,31)(H,28,30). The van der Waals surface area contributed by atoms with Crippen LogP contribution in [-0.4, -0.2) is 36.3 Å². The molecule has 1 heterocycles. The predicted octanol–water partition coefficient (Wildman–Crippen LogP) is 5.44. The molecule has 0 atom stereocenters. The van der Waals surface area contributed by atoms with Gasteiger partial charge in [0.1, 0.15) is 0 Å². The molecule has 0 aromatic heterocycles. The minimum absolute atomic E-state index is 0.0294. The van der Waals surface area contributed by atoms with Gasteiger partial charge in [-0.05, 0) is 55.6 Å².